The Bertz CT molecular complexity index is 1800. The van der Waals surface area contributed by atoms with Crippen LogP contribution in [0.5, 0.6) is 11.5 Å². The molecular formula is C36H38F4N2O4S. The van der Waals surface area contributed by atoms with E-state index >= 15 is 0 Å². The van der Waals surface area contributed by atoms with Crippen LogP contribution in [0.1, 0.15) is 48.6 Å². The lowest BCUT2D eigenvalue weighted by Crippen LogP contribution is -2.32. The highest BCUT2D eigenvalue weighted by molar-refractivity contribution is 7.92. The third-order valence-corrected chi connectivity index (χ3v) is 9.45. The van der Waals surface area contributed by atoms with E-state index in [9.17, 15) is 26.0 Å². The number of hydrogen-bond acceptors (Lipinski definition) is 5. The SMILES string of the molecule is CC(C)(C)c1ccc(CCN2CCc3cc(S(=O)(=O)Nc4ccc(OCCOc5cccc(C(F)(F)F)c5)cc4F)ccc3C2)cc1. The molecule has 1 N–H and O–H groups in total. The molecule has 0 saturated heterocycles. The van der Waals surface area contributed by atoms with E-state index in [1.165, 1.54) is 41.5 Å². The van der Waals surface area contributed by atoms with E-state index in [2.05, 4.69) is 54.7 Å². The fourth-order valence-electron chi connectivity index (χ4n) is 5.36. The zero-order chi connectivity index (χ0) is 33.8. The number of benzene rings is 4. The highest BCUT2D eigenvalue weighted by Gasteiger charge is 2.30. The number of nitrogens with one attached hydrogen (secondary N) is 1. The molecule has 5 rings (SSSR count). The van der Waals surface area contributed by atoms with Crippen LogP contribution in [0.3, 0.4) is 0 Å². The Morgan fingerprint density at radius 2 is 1.51 bits per heavy atom. The maximum absolute atomic E-state index is 14.9. The van der Waals surface area contributed by atoms with Crippen LogP contribution in [-0.2, 0) is 41.0 Å². The summed E-state index contributed by atoms with van der Waals surface area (Å²) in [5, 5.41) is 0. The monoisotopic (exact) mass is 670 g/mol. The molecule has 0 fully saturated rings. The standard InChI is InChI=1S/C36H38F4N2O4S/c1-35(2,3)28-10-7-25(8-11-28)15-17-42-18-16-26-21-32(13-9-27(26)24-42)47(43,44)41-34-14-12-31(23-33(34)37)46-20-19-45-30-6-4-5-29(22-30)36(38,39)40/h4-14,21-23,41H,15-20,24H2,1-3H3. The second-order valence-electron chi connectivity index (χ2n) is 12.6. The van der Waals surface area contributed by atoms with Gasteiger partial charge in [-0.3, -0.25) is 9.62 Å². The molecule has 4 aromatic rings. The average molecular weight is 671 g/mol. The van der Waals surface area contributed by atoms with E-state index in [0.29, 0.717) is 6.42 Å². The maximum atomic E-state index is 14.9. The third kappa shape index (κ3) is 9.04. The minimum atomic E-state index is -4.49. The lowest BCUT2D eigenvalue weighted by Gasteiger charge is -2.29. The van der Waals surface area contributed by atoms with Gasteiger partial charge in [0.15, 0.2) is 5.82 Å². The first-order valence-electron chi connectivity index (χ1n) is 15.4. The van der Waals surface area contributed by atoms with Crippen molar-refractivity contribution in [2.75, 3.05) is 31.0 Å². The van der Waals surface area contributed by atoms with Crippen molar-refractivity contribution in [2.24, 2.45) is 0 Å². The molecule has 0 unspecified atom stereocenters. The Morgan fingerprint density at radius 1 is 0.809 bits per heavy atom. The van der Waals surface area contributed by atoms with E-state index in [0.717, 1.165) is 55.4 Å². The fourth-order valence-corrected chi connectivity index (χ4v) is 6.48. The van der Waals surface area contributed by atoms with Crippen molar-refractivity contribution in [3.8, 4) is 11.5 Å². The average Bonchev–Trinajstić information content (AvgIpc) is 3.02. The summed E-state index contributed by atoms with van der Waals surface area (Å²) in [6.07, 6.45) is -2.85. The Morgan fingerprint density at radius 3 is 2.17 bits per heavy atom. The maximum Gasteiger partial charge on any atom is 0.416 e. The summed E-state index contributed by atoms with van der Waals surface area (Å²) in [5.41, 5.74) is 3.66. The number of ether oxygens (including phenoxy) is 2. The number of hydrogen-bond donors (Lipinski definition) is 1. The minimum absolute atomic E-state index is 0.0247. The lowest BCUT2D eigenvalue weighted by atomic mass is 9.86. The molecule has 0 spiro atoms. The first kappa shape index (κ1) is 34.3. The van der Waals surface area contributed by atoms with Gasteiger partial charge in [-0.25, -0.2) is 12.8 Å². The van der Waals surface area contributed by atoms with Gasteiger partial charge in [0.25, 0.3) is 10.0 Å². The highest BCUT2D eigenvalue weighted by atomic mass is 32.2. The minimum Gasteiger partial charge on any atom is -0.490 e. The van der Waals surface area contributed by atoms with Crippen LogP contribution in [-0.4, -0.2) is 39.6 Å². The molecule has 0 atom stereocenters. The first-order valence-corrected chi connectivity index (χ1v) is 16.8. The van der Waals surface area contributed by atoms with Crippen LogP contribution in [0.2, 0.25) is 0 Å². The third-order valence-electron chi connectivity index (χ3n) is 8.08. The Hall–Kier alpha value is -4.09. The van der Waals surface area contributed by atoms with E-state index in [-0.39, 0.29) is 40.7 Å². The normalized spacial score (nSPS) is 14.0. The number of fused-ring (bicyclic) bond motifs is 1. The van der Waals surface area contributed by atoms with Crippen molar-refractivity contribution in [3.63, 3.8) is 0 Å². The number of rotatable bonds is 11. The summed E-state index contributed by atoms with van der Waals surface area (Å²) in [4.78, 5) is 2.42. The van der Waals surface area contributed by atoms with Crippen molar-refractivity contribution in [2.45, 2.75) is 56.6 Å². The quantitative estimate of drug-likeness (QED) is 0.129. The van der Waals surface area contributed by atoms with Gasteiger partial charge in [-0.15, -0.1) is 0 Å². The molecule has 6 nitrogen and oxygen atoms in total. The summed E-state index contributed by atoms with van der Waals surface area (Å²) in [5.74, 6) is -0.707. The molecular weight excluding hydrogens is 632 g/mol. The van der Waals surface area contributed by atoms with Crippen LogP contribution in [0.15, 0.2) is 89.8 Å². The van der Waals surface area contributed by atoms with Gasteiger partial charge in [0.2, 0.25) is 0 Å². The molecule has 4 aromatic carbocycles. The van der Waals surface area contributed by atoms with Crippen molar-refractivity contribution >= 4 is 15.7 Å². The molecule has 0 bridgehead atoms. The van der Waals surface area contributed by atoms with Crippen molar-refractivity contribution in [1.82, 2.24) is 4.90 Å². The smallest absolute Gasteiger partial charge is 0.416 e. The van der Waals surface area contributed by atoms with Gasteiger partial charge in [-0.05, 0) is 83.0 Å². The molecule has 0 aromatic heterocycles. The summed E-state index contributed by atoms with van der Waals surface area (Å²) < 4.78 is 92.8. The molecule has 47 heavy (non-hydrogen) atoms. The second kappa shape index (κ2) is 13.9. The van der Waals surface area contributed by atoms with E-state index < -0.39 is 27.6 Å². The molecule has 0 amide bonds. The summed E-state index contributed by atoms with van der Waals surface area (Å²) in [7, 11) is -4.07. The summed E-state index contributed by atoms with van der Waals surface area (Å²) >= 11 is 0. The molecule has 11 heteroatoms. The van der Waals surface area contributed by atoms with Gasteiger partial charge in [0.05, 0.1) is 16.1 Å². The van der Waals surface area contributed by atoms with Crippen LogP contribution < -0.4 is 14.2 Å². The number of halogens is 4. The van der Waals surface area contributed by atoms with Crippen molar-refractivity contribution in [1.29, 1.82) is 0 Å². The highest BCUT2D eigenvalue weighted by Crippen LogP contribution is 2.31. The van der Waals surface area contributed by atoms with Crippen molar-refractivity contribution in [3.05, 3.63) is 119 Å². The van der Waals surface area contributed by atoms with E-state index in [1.54, 1.807) is 6.07 Å². The van der Waals surface area contributed by atoms with Gasteiger partial charge in [0, 0.05) is 25.7 Å². The largest absolute Gasteiger partial charge is 0.490 e. The van der Waals surface area contributed by atoms with Gasteiger partial charge in [0.1, 0.15) is 24.7 Å². The lowest BCUT2D eigenvalue weighted by molar-refractivity contribution is -0.137. The number of sulfonamides is 1. The van der Waals surface area contributed by atoms with Crippen LogP contribution in [0.25, 0.3) is 0 Å². The predicted octanol–water partition coefficient (Wildman–Crippen LogP) is 8.00. The Balaban J connectivity index is 1.12. The second-order valence-corrected chi connectivity index (χ2v) is 14.3. The fraction of sp³-hybridized carbons (Fsp3) is 0.333. The van der Waals surface area contributed by atoms with Gasteiger partial charge in [-0.1, -0.05) is 57.2 Å². The van der Waals surface area contributed by atoms with E-state index in [4.69, 9.17) is 9.47 Å². The zero-order valence-electron chi connectivity index (χ0n) is 26.5. The Labute approximate surface area is 273 Å². The van der Waals surface area contributed by atoms with Crippen LogP contribution in [0, 0.1) is 5.82 Å². The predicted molar refractivity (Wildman–Crippen MR) is 174 cm³/mol. The van der Waals surface area contributed by atoms with Crippen LogP contribution in [0.4, 0.5) is 23.2 Å². The molecule has 0 radical (unpaired) electrons. The first-order chi connectivity index (χ1) is 22.2. The molecule has 1 aliphatic rings. The van der Waals surface area contributed by atoms with Crippen molar-refractivity contribution < 1.29 is 35.5 Å². The molecule has 1 aliphatic heterocycles. The number of anilines is 1. The summed E-state index contributed by atoms with van der Waals surface area (Å²) in [6.45, 7) is 8.88. The number of nitrogens with zero attached hydrogens (tertiary/aromatic N) is 1. The number of alkyl halides is 3. The topological polar surface area (TPSA) is 67.9 Å². The molecule has 0 aliphatic carbocycles. The van der Waals surface area contributed by atoms with Gasteiger partial charge < -0.3 is 9.47 Å². The van der Waals surface area contributed by atoms with E-state index in [1.807, 2.05) is 6.07 Å². The van der Waals surface area contributed by atoms with Gasteiger partial charge in [-0.2, -0.15) is 13.2 Å². The molecule has 1 heterocycles. The van der Waals surface area contributed by atoms with Crippen LogP contribution >= 0.6 is 0 Å². The Kier molecular flexibility index (Phi) is 10.2. The molecule has 250 valence electrons. The van der Waals surface area contributed by atoms with Gasteiger partial charge >= 0.3 is 6.18 Å². The molecule has 0 saturated carbocycles. The zero-order valence-corrected chi connectivity index (χ0v) is 27.3. The summed E-state index contributed by atoms with van der Waals surface area (Å²) in [6, 6.07) is 21.9.